The van der Waals surface area contributed by atoms with Gasteiger partial charge < -0.3 is 15.6 Å². The number of aromatic nitrogens is 2. The van der Waals surface area contributed by atoms with E-state index in [0.717, 1.165) is 6.07 Å². The first-order chi connectivity index (χ1) is 8.06. The standard InChI is InChI=1S/C10H9ClFN3O2/c1-17-6-2-5(12)8(11)7(9(6)16)4-3-14-15-10(4)13/h2-3,16H,1H3,(H3,13,14,15). The molecule has 0 atom stereocenters. The number of nitrogen functional groups attached to an aromatic ring is 1. The Morgan fingerprint density at radius 2 is 2.29 bits per heavy atom. The number of aromatic amines is 1. The van der Waals surface area contributed by atoms with Crippen molar-refractivity contribution in [3.63, 3.8) is 0 Å². The van der Waals surface area contributed by atoms with Crippen LogP contribution in [0.4, 0.5) is 10.2 Å². The van der Waals surface area contributed by atoms with Crippen molar-refractivity contribution in [2.45, 2.75) is 0 Å². The highest BCUT2D eigenvalue weighted by molar-refractivity contribution is 6.34. The molecule has 1 aromatic carbocycles. The Morgan fingerprint density at radius 3 is 2.82 bits per heavy atom. The molecule has 7 heteroatoms. The smallest absolute Gasteiger partial charge is 0.167 e. The van der Waals surface area contributed by atoms with Gasteiger partial charge in [-0.3, -0.25) is 5.10 Å². The number of phenolic OH excluding ortho intramolecular Hbond substituents is 1. The number of aromatic hydroxyl groups is 1. The molecule has 17 heavy (non-hydrogen) atoms. The fraction of sp³-hybridized carbons (Fsp3) is 0.100. The summed E-state index contributed by atoms with van der Waals surface area (Å²) in [6, 6.07) is 0.997. The van der Waals surface area contributed by atoms with E-state index >= 15 is 0 Å². The fourth-order valence-corrected chi connectivity index (χ4v) is 1.74. The van der Waals surface area contributed by atoms with Gasteiger partial charge in [0.25, 0.3) is 0 Å². The van der Waals surface area contributed by atoms with Crippen LogP contribution in [0, 0.1) is 5.82 Å². The summed E-state index contributed by atoms with van der Waals surface area (Å²) < 4.78 is 18.4. The SMILES string of the molecule is COc1cc(F)c(Cl)c(-c2cn[nH]c2N)c1O. The molecule has 0 fully saturated rings. The number of phenols is 1. The molecule has 0 unspecified atom stereocenters. The lowest BCUT2D eigenvalue weighted by Gasteiger charge is -2.11. The molecule has 90 valence electrons. The number of benzene rings is 1. The Kier molecular flexibility index (Phi) is 2.81. The van der Waals surface area contributed by atoms with Crippen LogP contribution in [0.25, 0.3) is 11.1 Å². The number of nitrogens with two attached hydrogens (primary N) is 1. The van der Waals surface area contributed by atoms with Crippen molar-refractivity contribution in [2.24, 2.45) is 0 Å². The summed E-state index contributed by atoms with van der Waals surface area (Å²) in [4.78, 5) is 0. The first kappa shape index (κ1) is 11.5. The molecule has 0 saturated carbocycles. The van der Waals surface area contributed by atoms with E-state index in [-0.39, 0.29) is 27.9 Å². The van der Waals surface area contributed by atoms with Crippen LogP contribution in [0.1, 0.15) is 0 Å². The summed E-state index contributed by atoms with van der Waals surface area (Å²) in [5, 5.41) is 15.8. The first-order valence-electron chi connectivity index (χ1n) is 4.60. The topological polar surface area (TPSA) is 84.2 Å². The summed E-state index contributed by atoms with van der Waals surface area (Å²) in [5.74, 6) is -0.846. The number of ether oxygens (including phenoxy) is 1. The van der Waals surface area contributed by atoms with Gasteiger partial charge in [0.1, 0.15) is 11.6 Å². The molecule has 0 aliphatic heterocycles. The van der Waals surface area contributed by atoms with Crippen molar-refractivity contribution in [2.75, 3.05) is 12.8 Å². The molecule has 0 aliphatic carbocycles. The molecule has 0 aliphatic rings. The van der Waals surface area contributed by atoms with Crippen LogP contribution in [0.2, 0.25) is 5.02 Å². The molecule has 0 amide bonds. The zero-order chi connectivity index (χ0) is 12.6. The second-order valence-corrected chi connectivity index (χ2v) is 3.67. The fourth-order valence-electron chi connectivity index (χ4n) is 1.49. The van der Waals surface area contributed by atoms with E-state index in [1.54, 1.807) is 0 Å². The van der Waals surface area contributed by atoms with Crippen molar-refractivity contribution in [3.8, 4) is 22.6 Å². The summed E-state index contributed by atoms with van der Waals surface area (Å²) in [6.07, 6.45) is 1.34. The minimum Gasteiger partial charge on any atom is -0.504 e. The van der Waals surface area contributed by atoms with Gasteiger partial charge in [-0.25, -0.2) is 4.39 Å². The predicted octanol–water partition coefficient (Wildman–Crippen LogP) is 2.17. The quantitative estimate of drug-likeness (QED) is 0.770. The summed E-state index contributed by atoms with van der Waals surface area (Å²) in [5.41, 5.74) is 5.96. The van der Waals surface area contributed by atoms with E-state index in [2.05, 4.69) is 10.2 Å². The summed E-state index contributed by atoms with van der Waals surface area (Å²) in [6.45, 7) is 0. The van der Waals surface area contributed by atoms with Gasteiger partial charge >= 0.3 is 0 Å². The minimum atomic E-state index is -0.711. The molecule has 1 aromatic heterocycles. The number of hydrogen-bond donors (Lipinski definition) is 3. The average Bonchev–Trinajstić information content (AvgIpc) is 2.71. The first-order valence-corrected chi connectivity index (χ1v) is 4.98. The highest BCUT2D eigenvalue weighted by Crippen LogP contribution is 2.44. The molecule has 0 saturated heterocycles. The van der Waals surface area contributed by atoms with Gasteiger partial charge in [-0.05, 0) is 0 Å². The average molecular weight is 258 g/mol. The zero-order valence-electron chi connectivity index (χ0n) is 8.79. The zero-order valence-corrected chi connectivity index (χ0v) is 9.55. The lowest BCUT2D eigenvalue weighted by Crippen LogP contribution is -1.93. The Hall–Kier alpha value is -1.95. The van der Waals surface area contributed by atoms with Crippen molar-refractivity contribution < 1.29 is 14.2 Å². The molecule has 0 bridgehead atoms. The largest absolute Gasteiger partial charge is 0.504 e. The van der Waals surface area contributed by atoms with Crippen molar-refractivity contribution in [1.29, 1.82) is 0 Å². The van der Waals surface area contributed by atoms with E-state index in [9.17, 15) is 9.50 Å². The van der Waals surface area contributed by atoms with E-state index in [0.29, 0.717) is 5.56 Å². The highest BCUT2D eigenvalue weighted by atomic mass is 35.5. The number of hydrogen-bond acceptors (Lipinski definition) is 4. The Morgan fingerprint density at radius 1 is 1.59 bits per heavy atom. The van der Waals surface area contributed by atoms with Gasteiger partial charge in [0.2, 0.25) is 0 Å². The van der Waals surface area contributed by atoms with Crippen LogP contribution in [0.15, 0.2) is 12.3 Å². The van der Waals surface area contributed by atoms with Gasteiger partial charge in [0.15, 0.2) is 11.5 Å². The molecule has 0 spiro atoms. The second-order valence-electron chi connectivity index (χ2n) is 3.30. The summed E-state index contributed by atoms with van der Waals surface area (Å²) >= 11 is 5.80. The van der Waals surface area contributed by atoms with E-state index in [4.69, 9.17) is 22.1 Å². The van der Waals surface area contributed by atoms with Gasteiger partial charge in [-0.15, -0.1) is 0 Å². The Labute approximate surface area is 101 Å². The molecular formula is C10H9ClFN3O2. The third-order valence-corrected chi connectivity index (χ3v) is 2.68. The van der Waals surface area contributed by atoms with Crippen LogP contribution in [-0.4, -0.2) is 22.4 Å². The highest BCUT2D eigenvalue weighted by Gasteiger charge is 2.21. The Balaban J connectivity index is 2.76. The molecule has 0 radical (unpaired) electrons. The monoisotopic (exact) mass is 257 g/mol. The number of H-pyrrole nitrogens is 1. The maximum absolute atomic E-state index is 13.5. The van der Waals surface area contributed by atoms with E-state index < -0.39 is 5.82 Å². The number of anilines is 1. The third-order valence-electron chi connectivity index (χ3n) is 2.32. The summed E-state index contributed by atoms with van der Waals surface area (Å²) in [7, 11) is 1.31. The van der Waals surface area contributed by atoms with Crippen LogP contribution in [0.5, 0.6) is 11.5 Å². The van der Waals surface area contributed by atoms with Crippen LogP contribution in [-0.2, 0) is 0 Å². The maximum Gasteiger partial charge on any atom is 0.167 e. The van der Waals surface area contributed by atoms with Crippen LogP contribution >= 0.6 is 11.6 Å². The second kappa shape index (κ2) is 4.14. The van der Waals surface area contributed by atoms with E-state index in [1.807, 2.05) is 0 Å². The lowest BCUT2D eigenvalue weighted by atomic mass is 10.1. The van der Waals surface area contributed by atoms with E-state index in [1.165, 1.54) is 13.3 Å². The van der Waals surface area contributed by atoms with Crippen LogP contribution in [0.3, 0.4) is 0 Å². The molecule has 2 aromatic rings. The number of nitrogens with zero attached hydrogens (tertiary/aromatic N) is 1. The Bertz CT molecular complexity index is 571. The number of methoxy groups -OCH3 is 1. The predicted molar refractivity (Wildman–Crippen MR) is 61.6 cm³/mol. The maximum atomic E-state index is 13.5. The molecule has 1 heterocycles. The molecule has 4 N–H and O–H groups in total. The lowest BCUT2D eigenvalue weighted by molar-refractivity contribution is 0.371. The van der Waals surface area contributed by atoms with Crippen molar-refractivity contribution >= 4 is 17.4 Å². The molecule has 2 rings (SSSR count). The van der Waals surface area contributed by atoms with Gasteiger partial charge in [0, 0.05) is 11.6 Å². The molecular weight excluding hydrogens is 249 g/mol. The number of halogens is 2. The van der Waals surface area contributed by atoms with Gasteiger partial charge in [-0.2, -0.15) is 5.10 Å². The van der Waals surface area contributed by atoms with Crippen molar-refractivity contribution in [1.82, 2.24) is 10.2 Å². The van der Waals surface area contributed by atoms with Gasteiger partial charge in [0.05, 0.1) is 23.9 Å². The van der Waals surface area contributed by atoms with Gasteiger partial charge in [-0.1, -0.05) is 11.6 Å². The van der Waals surface area contributed by atoms with Crippen molar-refractivity contribution in [3.05, 3.63) is 23.1 Å². The minimum absolute atomic E-state index is 0.0255. The molecule has 5 nitrogen and oxygen atoms in total. The van der Waals surface area contributed by atoms with Crippen LogP contribution < -0.4 is 10.5 Å². The normalized spacial score (nSPS) is 10.5. The number of rotatable bonds is 2. The number of nitrogens with one attached hydrogen (secondary N) is 1. The third kappa shape index (κ3) is 1.76.